The molecule has 0 saturated heterocycles. The fourth-order valence-corrected chi connectivity index (χ4v) is 1.41. The number of hydrogen-bond acceptors (Lipinski definition) is 5. The normalized spacial score (nSPS) is 10.0. The molecule has 0 atom stereocenters. The van der Waals surface area contributed by atoms with Crippen molar-refractivity contribution in [2.45, 2.75) is 6.61 Å². The summed E-state index contributed by atoms with van der Waals surface area (Å²) < 4.78 is 10.4. The third-order valence-electron chi connectivity index (χ3n) is 2.23. The summed E-state index contributed by atoms with van der Waals surface area (Å²) in [5.41, 5.74) is -0.111. The quantitative estimate of drug-likeness (QED) is 0.460. The van der Waals surface area contributed by atoms with E-state index < -0.39 is 4.92 Å². The van der Waals surface area contributed by atoms with Crippen LogP contribution in [-0.2, 0) is 6.61 Å². The van der Waals surface area contributed by atoms with Crippen molar-refractivity contribution in [3.8, 4) is 5.75 Å². The summed E-state index contributed by atoms with van der Waals surface area (Å²) in [4.78, 5) is 20.6. The molecule has 0 N–H and O–H groups in total. The fourth-order valence-electron chi connectivity index (χ4n) is 1.41. The number of nitro groups is 1. The first-order chi connectivity index (χ1) is 8.70. The minimum atomic E-state index is -0.520. The second-order valence-electron chi connectivity index (χ2n) is 3.44. The summed E-state index contributed by atoms with van der Waals surface area (Å²) in [5, 5.41) is 10.7. The van der Waals surface area contributed by atoms with Gasteiger partial charge in [-0.3, -0.25) is 14.9 Å². The average molecular weight is 247 g/mol. The van der Waals surface area contributed by atoms with Crippen LogP contribution >= 0.6 is 0 Å². The van der Waals surface area contributed by atoms with Gasteiger partial charge in [-0.15, -0.1) is 0 Å². The number of para-hydroxylation sites is 2. The lowest BCUT2D eigenvalue weighted by Crippen LogP contribution is -1.97. The van der Waals surface area contributed by atoms with Crippen LogP contribution in [0.15, 0.2) is 40.8 Å². The highest BCUT2D eigenvalue weighted by molar-refractivity contribution is 5.70. The van der Waals surface area contributed by atoms with Crippen molar-refractivity contribution in [3.63, 3.8) is 0 Å². The molecule has 1 aromatic heterocycles. The molecule has 2 rings (SSSR count). The van der Waals surface area contributed by atoms with E-state index in [9.17, 15) is 14.9 Å². The Hall–Kier alpha value is -2.63. The summed E-state index contributed by atoms with van der Waals surface area (Å²) in [6, 6.07) is 9.14. The molecule has 0 saturated carbocycles. The third-order valence-corrected chi connectivity index (χ3v) is 2.23. The van der Waals surface area contributed by atoms with E-state index in [0.29, 0.717) is 12.0 Å². The van der Waals surface area contributed by atoms with Gasteiger partial charge in [0.1, 0.15) is 12.4 Å². The Morgan fingerprint density at radius 2 is 2.06 bits per heavy atom. The van der Waals surface area contributed by atoms with Crippen molar-refractivity contribution in [1.29, 1.82) is 0 Å². The number of furan rings is 1. The molecule has 1 heterocycles. The summed E-state index contributed by atoms with van der Waals surface area (Å²) in [6.45, 7) is 0.0265. The summed E-state index contributed by atoms with van der Waals surface area (Å²) in [5.74, 6) is 0.776. The van der Waals surface area contributed by atoms with Gasteiger partial charge >= 0.3 is 5.69 Å². The van der Waals surface area contributed by atoms with Gasteiger partial charge in [-0.25, -0.2) is 0 Å². The molecule has 1 aromatic carbocycles. The highest BCUT2D eigenvalue weighted by atomic mass is 16.6. The Bertz CT molecular complexity index is 575. The number of aldehydes is 1. The Morgan fingerprint density at radius 3 is 2.72 bits per heavy atom. The number of nitrogens with zero attached hydrogens (tertiary/aromatic N) is 1. The minimum Gasteiger partial charge on any atom is -0.479 e. The first kappa shape index (κ1) is 11.8. The second-order valence-corrected chi connectivity index (χ2v) is 3.44. The minimum absolute atomic E-state index is 0.0265. The van der Waals surface area contributed by atoms with Crippen molar-refractivity contribution >= 4 is 12.0 Å². The molecular formula is C12H9NO5. The predicted octanol–water partition coefficient (Wildman–Crippen LogP) is 2.58. The molecule has 0 unspecified atom stereocenters. The van der Waals surface area contributed by atoms with E-state index in [4.69, 9.17) is 9.15 Å². The zero-order valence-corrected chi connectivity index (χ0v) is 9.24. The van der Waals surface area contributed by atoms with Crippen LogP contribution < -0.4 is 4.74 Å². The Labute approximate surface area is 102 Å². The molecule has 0 aliphatic heterocycles. The van der Waals surface area contributed by atoms with Crippen LogP contribution in [0.3, 0.4) is 0 Å². The van der Waals surface area contributed by atoms with E-state index in [1.165, 1.54) is 18.2 Å². The van der Waals surface area contributed by atoms with Crippen molar-refractivity contribution in [2.24, 2.45) is 0 Å². The Kier molecular flexibility index (Phi) is 3.38. The molecule has 0 bridgehead atoms. The van der Waals surface area contributed by atoms with Crippen molar-refractivity contribution in [1.82, 2.24) is 0 Å². The molecule has 18 heavy (non-hydrogen) atoms. The number of hydrogen-bond donors (Lipinski definition) is 0. The van der Waals surface area contributed by atoms with Gasteiger partial charge in [0.2, 0.25) is 0 Å². The molecule has 2 aromatic rings. The van der Waals surface area contributed by atoms with E-state index in [2.05, 4.69) is 0 Å². The number of benzene rings is 1. The monoisotopic (exact) mass is 247 g/mol. The third kappa shape index (κ3) is 2.54. The Morgan fingerprint density at radius 1 is 1.28 bits per heavy atom. The van der Waals surface area contributed by atoms with E-state index in [1.807, 2.05) is 0 Å². The molecule has 0 aliphatic carbocycles. The van der Waals surface area contributed by atoms with Crippen LogP contribution in [-0.4, -0.2) is 11.2 Å². The molecule has 92 valence electrons. The molecule has 6 nitrogen and oxygen atoms in total. The van der Waals surface area contributed by atoms with Gasteiger partial charge in [-0.1, -0.05) is 12.1 Å². The summed E-state index contributed by atoms with van der Waals surface area (Å²) in [6.07, 6.45) is 0.578. The average Bonchev–Trinajstić information content (AvgIpc) is 2.84. The van der Waals surface area contributed by atoms with Crippen LogP contribution in [0, 0.1) is 10.1 Å². The maximum Gasteiger partial charge on any atom is 0.310 e. The number of ether oxygens (including phenoxy) is 1. The van der Waals surface area contributed by atoms with Gasteiger partial charge in [-0.2, -0.15) is 0 Å². The van der Waals surface area contributed by atoms with Crippen LogP contribution in [0.25, 0.3) is 0 Å². The highest BCUT2D eigenvalue weighted by Crippen LogP contribution is 2.26. The van der Waals surface area contributed by atoms with E-state index in [1.54, 1.807) is 18.2 Å². The number of rotatable bonds is 5. The molecule has 6 heteroatoms. The topological polar surface area (TPSA) is 82.6 Å². The Balaban J connectivity index is 2.10. The standard InChI is InChI=1S/C12H9NO5/c14-7-9-5-6-10(18-9)8-17-12-4-2-1-3-11(12)13(15)16/h1-7H,8H2. The van der Waals surface area contributed by atoms with E-state index >= 15 is 0 Å². The zero-order chi connectivity index (χ0) is 13.0. The lowest BCUT2D eigenvalue weighted by Gasteiger charge is -2.04. The van der Waals surface area contributed by atoms with E-state index in [0.717, 1.165) is 0 Å². The van der Waals surface area contributed by atoms with Crippen LogP contribution in [0.4, 0.5) is 5.69 Å². The van der Waals surface area contributed by atoms with Gasteiger partial charge in [-0.05, 0) is 18.2 Å². The molecule has 0 spiro atoms. The van der Waals surface area contributed by atoms with E-state index in [-0.39, 0.29) is 23.8 Å². The van der Waals surface area contributed by atoms with Gasteiger partial charge < -0.3 is 9.15 Å². The highest BCUT2D eigenvalue weighted by Gasteiger charge is 2.14. The van der Waals surface area contributed by atoms with Crippen molar-refractivity contribution in [2.75, 3.05) is 0 Å². The van der Waals surface area contributed by atoms with Crippen LogP contribution in [0.1, 0.15) is 16.3 Å². The lowest BCUT2D eigenvalue weighted by atomic mass is 10.3. The smallest absolute Gasteiger partial charge is 0.310 e. The van der Waals surface area contributed by atoms with Gasteiger partial charge in [0.25, 0.3) is 0 Å². The largest absolute Gasteiger partial charge is 0.479 e. The first-order valence-electron chi connectivity index (χ1n) is 5.11. The lowest BCUT2D eigenvalue weighted by molar-refractivity contribution is -0.386. The number of carbonyl (C=O) groups excluding carboxylic acids is 1. The molecule has 0 aliphatic rings. The fraction of sp³-hybridized carbons (Fsp3) is 0.0833. The van der Waals surface area contributed by atoms with Crippen molar-refractivity contribution in [3.05, 3.63) is 58.0 Å². The maximum absolute atomic E-state index is 10.7. The maximum atomic E-state index is 10.7. The second kappa shape index (κ2) is 5.13. The van der Waals surface area contributed by atoms with Gasteiger partial charge in [0, 0.05) is 6.07 Å². The molecule has 0 fully saturated rings. The molecule has 0 radical (unpaired) electrons. The SMILES string of the molecule is O=Cc1ccc(COc2ccccc2[N+](=O)[O-])o1. The van der Waals surface area contributed by atoms with Gasteiger partial charge in [0.15, 0.2) is 17.8 Å². The zero-order valence-electron chi connectivity index (χ0n) is 9.24. The number of nitro benzene ring substituents is 1. The van der Waals surface area contributed by atoms with Crippen LogP contribution in [0.2, 0.25) is 0 Å². The summed E-state index contributed by atoms with van der Waals surface area (Å²) >= 11 is 0. The molecular weight excluding hydrogens is 238 g/mol. The molecule has 0 amide bonds. The summed E-state index contributed by atoms with van der Waals surface area (Å²) in [7, 11) is 0. The van der Waals surface area contributed by atoms with Gasteiger partial charge in [0.05, 0.1) is 4.92 Å². The predicted molar refractivity (Wildman–Crippen MR) is 61.5 cm³/mol. The first-order valence-corrected chi connectivity index (χ1v) is 5.11. The number of carbonyl (C=O) groups is 1. The van der Waals surface area contributed by atoms with Crippen molar-refractivity contribution < 1.29 is 18.9 Å². The van der Waals surface area contributed by atoms with Crippen LogP contribution in [0.5, 0.6) is 5.75 Å².